The van der Waals surface area contributed by atoms with Crippen molar-refractivity contribution in [2.24, 2.45) is 0 Å². The second-order valence-electron chi connectivity index (χ2n) is 7.66. The Balaban J connectivity index is 1.61. The summed E-state index contributed by atoms with van der Waals surface area (Å²) < 4.78 is 5.11. The molecule has 0 atom stereocenters. The van der Waals surface area contributed by atoms with E-state index < -0.39 is 5.54 Å². The van der Waals surface area contributed by atoms with Crippen LogP contribution >= 0.6 is 0 Å². The minimum Gasteiger partial charge on any atom is -0.383 e. The number of nitriles is 1. The molecule has 0 unspecified atom stereocenters. The van der Waals surface area contributed by atoms with Crippen LogP contribution in [0.1, 0.15) is 24.1 Å². The molecule has 3 amide bonds. The van der Waals surface area contributed by atoms with Crippen LogP contribution in [0.2, 0.25) is 0 Å². The highest BCUT2D eigenvalue weighted by Crippen LogP contribution is 2.39. The van der Waals surface area contributed by atoms with Crippen LogP contribution in [-0.4, -0.2) is 70.6 Å². The Morgan fingerprint density at radius 2 is 1.84 bits per heavy atom. The third-order valence-electron chi connectivity index (χ3n) is 6.00. The molecule has 1 spiro atoms. The lowest BCUT2D eigenvalue weighted by Gasteiger charge is -2.42. The summed E-state index contributed by atoms with van der Waals surface area (Å²) in [6, 6.07) is 11.5. The lowest BCUT2D eigenvalue weighted by atomic mass is 9.85. The monoisotopic (exact) mass is 420 g/mol. The third-order valence-corrected chi connectivity index (χ3v) is 6.00. The fraction of sp³-hybridized carbons (Fsp3) is 0.409. The molecule has 1 aromatic carbocycles. The smallest absolute Gasteiger partial charge is 0.328 e. The number of carbonyl (C=O) groups excluding carboxylic acids is 2. The van der Waals surface area contributed by atoms with Crippen molar-refractivity contribution in [3.05, 3.63) is 54.0 Å². The Labute approximate surface area is 180 Å². The standard InChI is InChI=1S/C22H24N6O3/c1-31-14-13-27-20(29)22(28(21(27)30)16-17-5-3-2-4-6-17)7-11-26(12-8-22)19-18(15-23)24-9-10-25-19/h2-6,9-10H,7-8,11-14,16H2,1H3. The van der Waals surface area contributed by atoms with Gasteiger partial charge in [0.2, 0.25) is 0 Å². The van der Waals surface area contributed by atoms with Crippen molar-refractivity contribution in [1.82, 2.24) is 19.8 Å². The highest BCUT2D eigenvalue weighted by atomic mass is 16.5. The van der Waals surface area contributed by atoms with E-state index in [1.54, 1.807) is 18.2 Å². The number of carbonyl (C=O) groups is 2. The summed E-state index contributed by atoms with van der Waals surface area (Å²) in [5.74, 6) is 0.340. The zero-order valence-electron chi connectivity index (χ0n) is 17.4. The summed E-state index contributed by atoms with van der Waals surface area (Å²) in [7, 11) is 1.55. The number of aromatic nitrogens is 2. The quantitative estimate of drug-likeness (QED) is 0.657. The second kappa shape index (κ2) is 8.70. The number of methoxy groups -OCH3 is 1. The maximum absolute atomic E-state index is 13.5. The van der Waals surface area contributed by atoms with Crippen LogP contribution in [0.5, 0.6) is 0 Å². The minimum absolute atomic E-state index is 0.176. The summed E-state index contributed by atoms with van der Waals surface area (Å²) in [6.45, 7) is 1.88. The Hall–Kier alpha value is -3.51. The van der Waals surface area contributed by atoms with E-state index in [0.717, 1.165) is 5.56 Å². The fourth-order valence-electron chi connectivity index (χ4n) is 4.36. The van der Waals surface area contributed by atoms with Crippen LogP contribution in [0.15, 0.2) is 42.7 Å². The number of ether oxygens (including phenoxy) is 1. The van der Waals surface area contributed by atoms with E-state index in [1.165, 1.54) is 11.1 Å². The van der Waals surface area contributed by atoms with Crippen molar-refractivity contribution in [3.8, 4) is 6.07 Å². The Morgan fingerprint density at radius 3 is 2.52 bits per heavy atom. The van der Waals surface area contributed by atoms with Crippen molar-refractivity contribution in [2.75, 3.05) is 38.3 Å². The van der Waals surface area contributed by atoms with Gasteiger partial charge in [0.25, 0.3) is 5.91 Å². The SMILES string of the molecule is COCCN1C(=O)N(Cc2ccccc2)C2(CCN(c3nccnc3C#N)CC2)C1=O. The third kappa shape index (κ3) is 3.70. The van der Waals surface area contributed by atoms with Crippen LogP contribution < -0.4 is 4.90 Å². The van der Waals surface area contributed by atoms with Crippen LogP contribution in [-0.2, 0) is 16.1 Å². The van der Waals surface area contributed by atoms with Gasteiger partial charge in [-0.05, 0) is 18.4 Å². The van der Waals surface area contributed by atoms with Gasteiger partial charge in [-0.1, -0.05) is 30.3 Å². The number of benzene rings is 1. The van der Waals surface area contributed by atoms with E-state index in [0.29, 0.717) is 44.9 Å². The molecule has 160 valence electrons. The van der Waals surface area contributed by atoms with Gasteiger partial charge in [-0.3, -0.25) is 9.69 Å². The summed E-state index contributed by atoms with van der Waals surface area (Å²) >= 11 is 0. The van der Waals surface area contributed by atoms with Gasteiger partial charge in [0.15, 0.2) is 11.5 Å². The number of hydrogen-bond donors (Lipinski definition) is 0. The Morgan fingerprint density at radius 1 is 1.13 bits per heavy atom. The Kier molecular flexibility index (Phi) is 5.82. The van der Waals surface area contributed by atoms with E-state index in [2.05, 4.69) is 16.0 Å². The first kappa shape index (κ1) is 20.8. The normalized spacial score (nSPS) is 18.0. The van der Waals surface area contributed by atoms with Gasteiger partial charge in [-0.2, -0.15) is 5.26 Å². The van der Waals surface area contributed by atoms with Gasteiger partial charge in [0.05, 0.1) is 13.2 Å². The van der Waals surface area contributed by atoms with Gasteiger partial charge in [-0.25, -0.2) is 14.8 Å². The van der Waals surface area contributed by atoms with Crippen LogP contribution in [0.4, 0.5) is 10.6 Å². The molecule has 2 aliphatic rings. The zero-order valence-corrected chi connectivity index (χ0v) is 17.4. The summed E-state index contributed by atoms with van der Waals surface area (Å²) in [6.07, 6.45) is 3.95. The average molecular weight is 420 g/mol. The van der Waals surface area contributed by atoms with Crippen molar-refractivity contribution in [2.45, 2.75) is 24.9 Å². The largest absolute Gasteiger partial charge is 0.383 e. The molecule has 1 aromatic heterocycles. The second-order valence-corrected chi connectivity index (χ2v) is 7.66. The van der Waals surface area contributed by atoms with Gasteiger partial charge >= 0.3 is 6.03 Å². The predicted octanol–water partition coefficient (Wildman–Crippen LogP) is 1.80. The molecule has 4 rings (SSSR count). The summed E-state index contributed by atoms with van der Waals surface area (Å²) in [5.41, 5.74) is 0.321. The highest BCUT2D eigenvalue weighted by molar-refractivity contribution is 6.07. The molecule has 0 bridgehead atoms. The molecule has 9 heteroatoms. The van der Waals surface area contributed by atoms with Gasteiger partial charge < -0.3 is 14.5 Å². The first-order chi connectivity index (χ1) is 15.1. The van der Waals surface area contributed by atoms with E-state index >= 15 is 0 Å². The first-order valence-corrected chi connectivity index (χ1v) is 10.2. The molecule has 0 N–H and O–H groups in total. The topological polar surface area (TPSA) is 103 Å². The predicted molar refractivity (Wildman–Crippen MR) is 112 cm³/mol. The number of amides is 3. The lowest BCUT2D eigenvalue weighted by Crippen LogP contribution is -2.56. The molecule has 2 fully saturated rings. The zero-order chi connectivity index (χ0) is 21.8. The molecule has 2 aliphatic heterocycles. The number of anilines is 1. The molecule has 2 saturated heterocycles. The van der Waals surface area contributed by atoms with Crippen molar-refractivity contribution < 1.29 is 14.3 Å². The highest BCUT2D eigenvalue weighted by Gasteiger charge is 2.57. The van der Waals surface area contributed by atoms with Crippen molar-refractivity contribution >= 4 is 17.8 Å². The lowest BCUT2D eigenvalue weighted by molar-refractivity contribution is -0.134. The van der Waals surface area contributed by atoms with E-state index in [9.17, 15) is 14.9 Å². The number of hydrogen-bond acceptors (Lipinski definition) is 7. The maximum Gasteiger partial charge on any atom is 0.328 e. The van der Waals surface area contributed by atoms with Gasteiger partial charge in [-0.15, -0.1) is 0 Å². The number of nitrogens with zero attached hydrogens (tertiary/aromatic N) is 6. The fourth-order valence-corrected chi connectivity index (χ4v) is 4.36. The number of piperidine rings is 1. The van der Waals surface area contributed by atoms with Gasteiger partial charge in [0.1, 0.15) is 11.6 Å². The minimum atomic E-state index is -0.911. The molecule has 31 heavy (non-hydrogen) atoms. The van der Waals surface area contributed by atoms with Crippen LogP contribution in [0.3, 0.4) is 0 Å². The van der Waals surface area contributed by atoms with Crippen LogP contribution in [0.25, 0.3) is 0 Å². The number of rotatable bonds is 6. The van der Waals surface area contributed by atoms with Crippen LogP contribution in [0, 0.1) is 11.3 Å². The van der Waals surface area contributed by atoms with Gasteiger partial charge in [0, 0.05) is 39.1 Å². The van der Waals surface area contributed by atoms with Crippen molar-refractivity contribution in [1.29, 1.82) is 5.26 Å². The molecule has 9 nitrogen and oxygen atoms in total. The molecular weight excluding hydrogens is 396 g/mol. The van der Waals surface area contributed by atoms with E-state index in [4.69, 9.17) is 4.74 Å². The van der Waals surface area contributed by atoms with E-state index in [1.807, 2.05) is 35.2 Å². The van der Waals surface area contributed by atoms with Crippen molar-refractivity contribution in [3.63, 3.8) is 0 Å². The van der Waals surface area contributed by atoms with E-state index in [-0.39, 0.29) is 24.2 Å². The molecule has 0 radical (unpaired) electrons. The maximum atomic E-state index is 13.5. The Bertz CT molecular complexity index is 998. The first-order valence-electron chi connectivity index (χ1n) is 10.2. The summed E-state index contributed by atoms with van der Waals surface area (Å²) in [5, 5.41) is 9.35. The molecule has 3 heterocycles. The number of urea groups is 1. The average Bonchev–Trinajstić information content (AvgIpc) is 3.00. The molecule has 2 aromatic rings. The number of imide groups is 1. The molecular formula is C22H24N6O3. The summed E-state index contributed by atoms with van der Waals surface area (Å²) in [4.78, 5) is 40.1. The molecule has 0 aliphatic carbocycles. The molecule has 0 saturated carbocycles.